The lowest BCUT2D eigenvalue weighted by molar-refractivity contribution is -0.139. The van der Waals surface area contributed by atoms with Gasteiger partial charge in [0.25, 0.3) is 0 Å². The summed E-state index contributed by atoms with van der Waals surface area (Å²) in [6.45, 7) is 3.30. The van der Waals surface area contributed by atoms with Crippen molar-refractivity contribution in [3.05, 3.63) is 28.5 Å². The van der Waals surface area contributed by atoms with E-state index < -0.39 is 0 Å². The van der Waals surface area contributed by atoms with E-state index >= 15 is 0 Å². The molecule has 1 heterocycles. The summed E-state index contributed by atoms with van der Waals surface area (Å²) in [6.07, 6.45) is 3.17. The molecule has 0 aliphatic heterocycles. The summed E-state index contributed by atoms with van der Waals surface area (Å²) in [5.41, 5.74) is 0. The average molecular weight is 226 g/mol. The minimum Gasteiger partial charge on any atom is -0.460 e. The van der Waals surface area contributed by atoms with Crippen LogP contribution in [-0.4, -0.2) is 25.8 Å². The molecule has 0 aliphatic carbocycles. The van der Waals surface area contributed by atoms with Crippen LogP contribution in [0.4, 0.5) is 0 Å². The van der Waals surface area contributed by atoms with Crippen molar-refractivity contribution in [2.45, 2.75) is 6.92 Å². The third kappa shape index (κ3) is 5.34. The molecule has 15 heavy (non-hydrogen) atoms. The molecule has 3 nitrogen and oxygen atoms in total. The molecule has 1 aromatic heterocycles. The quantitative estimate of drug-likeness (QED) is 0.424. The summed E-state index contributed by atoms with van der Waals surface area (Å²) >= 11 is 1.58. The van der Waals surface area contributed by atoms with Crippen LogP contribution >= 0.6 is 11.3 Å². The highest BCUT2D eigenvalue weighted by Crippen LogP contribution is 2.09. The average Bonchev–Trinajstić information content (AvgIpc) is 2.74. The predicted octanol–water partition coefficient (Wildman–Crippen LogP) is 2.34. The fourth-order valence-corrected chi connectivity index (χ4v) is 1.55. The second kappa shape index (κ2) is 7.20. The second-order valence-corrected chi connectivity index (χ2v) is 3.69. The number of rotatable bonds is 6. The highest BCUT2D eigenvalue weighted by Gasteiger charge is 1.96. The molecule has 0 aromatic carbocycles. The van der Waals surface area contributed by atoms with Gasteiger partial charge in [-0.25, -0.2) is 4.79 Å². The first-order valence-electron chi connectivity index (χ1n) is 4.79. The molecule has 0 atom stereocenters. The van der Waals surface area contributed by atoms with Gasteiger partial charge in [-0.05, 0) is 24.4 Å². The van der Waals surface area contributed by atoms with E-state index in [9.17, 15) is 4.79 Å². The maximum atomic E-state index is 11.1. The van der Waals surface area contributed by atoms with Gasteiger partial charge in [0.05, 0.1) is 6.61 Å². The van der Waals surface area contributed by atoms with Gasteiger partial charge >= 0.3 is 5.97 Å². The summed E-state index contributed by atoms with van der Waals surface area (Å²) in [5.74, 6) is -0.330. The normalized spacial score (nSPS) is 10.7. The van der Waals surface area contributed by atoms with E-state index in [-0.39, 0.29) is 5.97 Å². The van der Waals surface area contributed by atoms with Crippen molar-refractivity contribution in [1.82, 2.24) is 0 Å². The molecule has 0 amide bonds. The van der Waals surface area contributed by atoms with Gasteiger partial charge in [0.1, 0.15) is 6.61 Å². The topological polar surface area (TPSA) is 35.5 Å². The molecule has 0 N–H and O–H groups in total. The molecule has 1 rings (SSSR count). The third-order valence-corrected chi connectivity index (χ3v) is 2.44. The zero-order valence-corrected chi connectivity index (χ0v) is 9.46. The van der Waals surface area contributed by atoms with E-state index in [4.69, 9.17) is 9.47 Å². The number of thiophene rings is 1. The maximum Gasteiger partial charge on any atom is 0.330 e. The lowest BCUT2D eigenvalue weighted by atomic mass is 10.4. The number of hydrogen-bond donors (Lipinski definition) is 0. The largest absolute Gasteiger partial charge is 0.460 e. The SMILES string of the molecule is CCOCCOC(=O)/C=C/c1cccs1. The predicted molar refractivity (Wildman–Crippen MR) is 60.8 cm³/mol. The summed E-state index contributed by atoms with van der Waals surface area (Å²) in [6, 6.07) is 3.87. The molecule has 1 aromatic rings. The Labute approximate surface area is 93.3 Å². The Morgan fingerprint density at radius 1 is 1.53 bits per heavy atom. The molecule has 82 valence electrons. The second-order valence-electron chi connectivity index (χ2n) is 2.71. The van der Waals surface area contributed by atoms with Crippen molar-refractivity contribution in [3.63, 3.8) is 0 Å². The van der Waals surface area contributed by atoms with Gasteiger partial charge in [0.15, 0.2) is 0 Å². The highest BCUT2D eigenvalue weighted by molar-refractivity contribution is 7.10. The first-order chi connectivity index (χ1) is 7.33. The Morgan fingerprint density at radius 3 is 3.07 bits per heavy atom. The van der Waals surface area contributed by atoms with Gasteiger partial charge in [0.2, 0.25) is 0 Å². The van der Waals surface area contributed by atoms with Gasteiger partial charge in [-0.15, -0.1) is 11.3 Å². The van der Waals surface area contributed by atoms with Crippen LogP contribution in [-0.2, 0) is 14.3 Å². The van der Waals surface area contributed by atoms with Crippen LogP contribution < -0.4 is 0 Å². The van der Waals surface area contributed by atoms with Crippen molar-refractivity contribution < 1.29 is 14.3 Å². The Hall–Kier alpha value is -1.13. The van der Waals surface area contributed by atoms with Crippen molar-refractivity contribution in [2.24, 2.45) is 0 Å². The molecular weight excluding hydrogens is 212 g/mol. The highest BCUT2D eigenvalue weighted by atomic mass is 32.1. The van der Waals surface area contributed by atoms with Crippen molar-refractivity contribution in [1.29, 1.82) is 0 Å². The summed E-state index contributed by atoms with van der Waals surface area (Å²) in [5, 5.41) is 1.96. The van der Waals surface area contributed by atoms with Crippen molar-refractivity contribution in [2.75, 3.05) is 19.8 Å². The monoisotopic (exact) mass is 226 g/mol. The first kappa shape index (κ1) is 11.9. The van der Waals surface area contributed by atoms with E-state index in [2.05, 4.69) is 0 Å². The summed E-state index contributed by atoms with van der Waals surface area (Å²) in [4.78, 5) is 12.2. The molecule has 0 radical (unpaired) electrons. The van der Waals surface area contributed by atoms with Gasteiger partial charge < -0.3 is 9.47 Å². The molecule has 0 aliphatic rings. The van der Waals surface area contributed by atoms with E-state index in [0.717, 1.165) is 4.88 Å². The number of esters is 1. The first-order valence-corrected chi connectivity index (χ1v) is 5.67. The van der Waals surface area contributed by atoms with Crippen LogP contribution in [0, 0.1) is 0 Å². The molecule has 0 bridgehead atoms. The fourth-order valence-electron chi connectivity index (χ4n) is 0.930. The molecule has 0 spiro atoms. The fraction of sp³-hybridized carbons (Fsp3) is 0.364. The van der Waals surface area contributed by atoms with Crippen LogP contribution in [0.5, 0.6) is 0 Å². The van der Waals surface area contributed by atoms with Crippen molar-refractivity contribution in [3.8, 4) is 0 Å². The number of carbonyl (C=O) groups is 1. The van der Waals surface area contributed by atoms with Crippen LogP contribution in [0.1, 0.15) is 11.8 Å². The van der Waals surface area contributed by atoms with Gasteiger partial charge in [-0.2, -0.15) is 0 Å². The van der Waals surface area contributed by atoms with E-state index in [1.165, 1.54) is 6.08 Å². The third-order valence-electron chi connectivity index (χ3n) is 1.60. The Kier molecular flexibility index (Phi) is 5.73. The molecule has 0 saturated heterocycles. The Morgan fingerprint density at radius 2 is 2.40 bits per heavy atom. The van der Waals surface area contributed by atoms with Crippen LogP contribution in [0.2, 0.25) is 0 Å². The minimum absolute atomic E-state index is 0.307. The van der Waals surface area contributed by atoms with Gasteiger partial charge in [-0.1, -0.05) is 6.07 Å². The minimum atomic E-state index is -0.330. The number of hydrogen-bond acceptors (Lipinski definition) is 4. The standard InChI is InChI=1S/C11H14O3S/c1-2-13-7-8-14-11(12)6-5-10-4-3-9-15-10/h3-6,9H,2,7-8H2,1H3/b6-5+. The molecular formula is C11H14O3S. The molecule has 0 unspecified atom stereocenters. The maximum absolute atomic E-state index is 11.1. The number of carbonyl (C=O) groups excluding carboxylic acids is 1. The van der Waals surface area contributed by atoms with Crippen LogP contribution in [0.15, 0.2) is 23.6 Å². The number of ether oxygens (including phenoxy) is 2. The van der Waals surface area contributed by atoms with Gasteiger partial charge in [-0.3, -0.25) is 0 Å². The van der Waals surface area contributed by atoms with Gasteiger partial charge in [0, 0.05) is 17.6 Å². The van der Waals surface area contributed by atoms with Crippen molar-refractivity contribution >= 4 is 23.4 Å². The van der Waals surface area contributed by atoms with E-state index in [1.807, 2.05) is 24.4 Å². The Bertz CT molecular complexity index is 304. The van der Waals surface area contributed by atoms with E-state index in [0.29, 0.717) is 19.8 Å². The zero-order chi connectivity index (χ0) is 10.9. The van der Waals surface area contributed by atoms with Crippen LogP contribution in [0.25, 0.3) is 6.08 Å². The summed E-state index contributed by atoms with van der Waals surface area (Å²) < 4.78 is 9.93. The lowest BCUT2D eigenvalue weighted by Gasteiger charge is -2.01. The zero-order valence-electron chi connectivity index (χ0n) is 8.64. The molecule has 0 saturated carbocycles. The summed E-state index contributed by atoms with van der Waals surface area (Å²) in [7, 11) is 0. The molecule has 0 fully saturated rings. The lowest BCUT2D eigenvalue weighted by Crippen LogP contribution is -2.08. The smallest absolute Gasteiger partial charge is 0.330 e. The Balaban J connectivity index is 2.18. The molecule has 4 heteroatoms. The van der Waals surface area contributed by atoms with Crippen LogP contribution in [0.3, 0.4) is 0 Å². The van der Waals surface area contributed by atoms with E-state index in [1.54, 1.807) is 17.4 Å².